The molecule has 1 N–H and O–H groups in total. The van der Waals surface area contributed by atoms with Gasteiger partial charge in [-0.1, -0.05) is 38.7 Å². The molecule has 1 saturated heterocycles. The summed E-state index contributed by atoms with van der Waals surface area (Å²) >= 11 is 0. The van der Waals surface area contributed by atoms with E-state index >= 15 is 0 Å². The van der Waals surface area contributed by atoms with E-state index in [1.165, 1.54) is 12.8 Å². The van der Waals surface area contributed by atoms with Crippen LogP contribution in [0.15, 0.2) is 12.7 Å². The lowest BCUT2D eigenvalue weighted by Gasteiger charge is -2.20. The maximum absolute atomic E-state index is 11.1. The van der Waals surface area contributed by atoms with Crippen LogP contribution in [0.1, 0.15) is 45.4 Å². The van der Waals surface area contributed by atoms with E-state index in [9.17, 15) is 9.90 Å². The standard InChI is InChI=1S/C13H22O3/c1-3-5-6-7-8-11(14)13-10(4-2)9-12(15)16-13/h4,10-11,13-14H,2-3,5-9H2,1H3/t10-,11-,13-/m1/s1. The van der Waals surface area contributed by atoms with Crippen LogP contribution in [0.25, 0.3) is 0 Å². The van der Waals surface area contributed by atoms with Crippen LogP contribution in [-0.4, -0.2) is 23.3 Å². The summed E-state index contributed by atoms with van der Waals surface area (Å²) in [6, 6.07) is 0. The molecular formula is C13H22O3. The highest BCUT2D eigenvalue weighted by molar-refractivity contribution is 5.72. The first-order chi connectivity index (χ1) is 7.69. The summed E-state index contributed by atoms with van der Waals surface area (Å²) in [6.07, 6.45) is 6.39. The summed E-state index contributed by atoms with van der Waals surface area (Å²) in [5.74, 6) is -0.240. The number of aliphatic hydroxyl groups is 1. The summed E-state index contributed by atoms with van der Waals surface area (Å²) in [5.41, 5.74) is 0. The van der Waals surface area contributed by atoms with Gasteiger partial charge in [-0.05, 0) is 6.42 Å². The van der Waals surface area contributed by atoms with Gasteiger partial charge < -0.3 is 9.84 Å². The van der Waals surface area contributed by atoms with E-state index in [1.54, 1.807) is 6.08 Å². The Bertz CT molecular complexity index is 237. The van der Waals surface area contributed by atoms with Crippen molar-refractivity contribution in [1.29, 1.82) is 0 Å². The predicted molar refractivity (Wildman–Crippen MR) is 62.9 cm³/mol. The average molecular weight is 226 g/mol. The minimum atomic E-state index is -0.536. The van der Waals surface area contributed by atoms with Crippen LogP contribution in [-0.2, 0) is 9.53 Å². The molecule has 0 bridgehead atoms. The molecule has 1 aliphatic heterocycles. The number of cyclic esters (lactones) is 1. The molecule has 3 nitrogen and oxygen atoms in total. The van der Waals surface area contributed by atoms with E-state index < -0.39 is 6.10 Å². The van der Waals surface area contributed by atoms with E-state index in [1.807, 2.05) is 0 Å². The Balaban J connectivity index is 2.31. The smallest absolute Gasteiger partial charge is 0.306 e. The van der Waals surface area contributed by atoms with E-state index in [0.29, 0.717) is 12.8 Å². The van der Waals surface area contributed by atoms with Crippen LogP contribution >= 0.6 is 0 Å². The molecule has 16 heavy (non-hydrogen) atoms. The summed E-state index contributed by atoms with van der Waals surface area (Å²) in [6.45, 7) is 5.83. The summed E-state index contributed by atoms with van der Waals surface area (Å²) < 4.78 is 5.12. The van der Waals surface area contributed by atoms with E-state index in [4.69, 9.17) is 4.74 Å². The maximum Gasteiger partial charge on any atom is 0.306 e. The van der Waals surface area contributed by atoms with Crippen LogP contribution in [0.4, 0.5) is 0 Å². The monoisotopic (exact) mass is 226 g/mol. The Labute approximate surface area is 97.5 Å². The molecular weight excluding hydrogens is 204 g/mol. The molecule has 0 aromatic heterocycles. The molecule has 0 aromatic carbocycles. The maximum atomic E-state index is 11.1. The van der Waals surface area contributed by atoms with Crippen molar-refractivity contribution in [1.82, 2.24) is 0 Å². The Morgan fingerprint density at radius 1 is 1.56 bits per heavy atom. The first-order valence-corrected chi connectivity index (χ1v) is 6.19. The quantitative estimate of drug-likeness (QED) is 0.412. The molecule has 0 aliphatic carbocycles. The number of unbranched alkanes of at least 4 members (excludes halogenated alkanes) is 3. The lowest BCUT2D eigenvalue weighted by Crippen LogP contribution is -2.30. The van der Waals surface area contributed by atoms with Gasteiger partial charge in [0, 0.05) is 5.92 Å². The van der Waals surface area contributed by atoms with Gasteiger partial charge in [0.05, 0.1) is 12.5 Å². The van der Waals surface area contributed by atoms with Gasteiger partial charge in [0.1, 0.15) is 6.10 Å². The second-order valence-corrected chi connectivity index (χ2v) is 4.47. The molecule has 3 heteroatoms. The molecule has 1 rings (SSSR count). The van der Waals surface area contributed by atoms with Crippen LogP contribution in [0, 0.1) is 5.92 Å². The Kier molecular flexibility index (Phi) is 5.53. The number of hydrogen-bond donors (Lipinski definition) is 1. The van der Waals surface area contributed by atoms with Crippen molar-refractivity contribution in [2.24, 2.45) is 5.92 Å². The van der Waals surface area contributed by atoms with Gasteiger partial charge in [0.25, 0.3) is 0 Å². The van der Waals surface area contributed by atoms with Crippen LogP contribution < -0.4 is 0 Å². The fourth-order valence-corrected chi connectivity index (χ4v) is 2.12. The van der Waals surface area contributed by atoms with E-state index in [-0.39, 0.29) is 18.0 Å². The third kappa shape index (κ3) is 3.63. The fraction of sp³-hybridized carbons (Fsp3) is 0.769. The molecule has 0 saturated carbocycles. The Morgan fingerprint density at radius 2 is 2.31 bits per heavy atom. The van der Waals surface area contributed by atoms with Gasteiger partial charge >= 0.3 is 5.97 Å². The second kappa shape index (κ2) is 6.69. The molecule has 1 fully saturated rings. The third-order valence-electron chi connectivity index (χ3n) is 3.13. The van der Waals surface area contributed by atoms with Gasteiger partial charge in [-0.2, -0.15) is 0 Å². The van der Waals surface area contributed by atoms with Gasteiger partial charge in [0.15, 0.2) is 0 Å². The number of carbonyl (C=O) groups is 1. The molecule has 1 heterocycles. The van der Waals surface area contributed by atoms with Crippen molar-refractivity contribution in [3.05, 3.63) is 12.7 Å². The lowest BCUT2D eigenvalue weighted by atomic mass is 9.94. The highest BCUT2D eigenvalue weighted by atomic mass is 16.6. The Hall–Kier alpha value is -0.830. The SMILES string of the molecule is C=C[C@@H]1CC(=O)O[C@H]1[C@H](O)CCCCCC. The number of esters is 1. The first-order valence-electron chi connectivity index (χ1n) is 6.19. The minimum Gasteiger partial charge on any atom is -0.459 e. The van der Waals surface area contributed by atoms with Crippen LogP contribution in [0.5, 0.6) is 0 Å². The summed E-state index contributed by atoms with van der Waals surface area (Å²) in [5, 5.41) is 9.94. The lowest BCUT2D eigenvalue weighted by molar-refractivity contribution is -0.145. The zero-order valence-electron chi connectivity index (χ0n) is 10.0. The van der Waals surface area contributed by atoms with Crippen LogP contribution in [0.3, 0.4) is 0 Å². The first kappa shape index (κ1) is 13.2. The highest BCUT2D eigenvalue weighted by Gasteiger charge is 2.37. The number of ether oxygens (including phenoxy) is 1. The molecule has 0 spiro atoms. The largest absolute Gasteiger partial charge is 0.459 e. The van der Waals surface area contributed by atoms with Crippen molar-refractivity contribution < 1.29 is 14.6 Å². The van der Waals surface area contributed by atoms with Gasteiger partial charge in [0.2, 0.25) is 0 Å². The van der Waals surface area contributed by atoms with Crippen molar-refractivity contribution in [2.75, 3.05) is 0 Å². The highest BCUT2D eigenvalue weighted by Crippen LogP contribution is 2.27. The molecule has 1 aliphatic rings. The van der Waals surface area contributed by atoms with E-state index in [0.717, 1.165) is 12.8 Å². The topological polar surface area (TPSA) is 46.5 Å². The number of hydrogen-bond acceptors (Lipinski definition) is 3. The zero-order valence-corrected chi connectivity index (χ0v) is 10.0. The van der Waals surface area contributed by atoms with Crippen molar-refractivity contribution >= 4 is 5.97 Å². The van der Waals surface area contributed by atoms with Gasteiger partial charge in [-0.25, -0.2) is 0 Å². The average Bonchev–Trinajstić information content (AvgIpc) is 2.65. The molecule has 0 unspecified atom stereocenters. The van der Waals surface area contributed by atoms with Crippen molar-refractivity contribution in [3.63, 3.8) is 0 Å². The zero-order chi connectivity index (χ0) is 12.0. The summed E-state index contributed by atoms with van der Waals surface area (Å²) in [7, 11) is 0. The Morgan fingerprint density at radius 3 is 2.94 bits per heavy atom. The van der Waals surface area contributed by atoms with Crippen molar-refractivity contribution in [3.8, 4) is 0 Å². The summed E-state index contributed by atoms with van der Waals surface area (Å²) in [4.78, 5) is 11.1. The van der Waals surface area contributed by atoms with Gasteiger partial charge in [-0.3, -0.25) is 4.79 Å². The molecule has 92 valence electrons. The predicted octanol–water partition coefficient (Wildman–Crippen LogP) is 2.44. The molecule has 3 atom stereocenters. The number of aliphatic hydroxyl groups excluding tert-OH is 1. The van der Waals surface area contributed by atoms with Crippen LogP contribution in [0.2, 0.25) is 0 Å². The van der Waals surface area contributed by atoms with E-state index in [2.05, 4.69) is 13.5 Å². The molecule has 0 radical (unpaired) electrons. The number of carbonyl (C=O) groups excluding carboxylic acids is 1. The normalized spacial score (nSPS) is 26.5. The molecule has 0 amide bonds. The number of rotatable bonds is 7. The third-order valence-corrected chi connectivity index (χ3v) is 3.13. The fourth-order valence-electron chi connectivity index (χ4n) is 2.12. The second-order valence-electron chi connectivity index (χ2n) is 4.47. The minimum absolute atomic E-state index is 0.0197. The van der Waals surface area contributed by atoms with Crippen molar-refractivity contribution in [2.45, 2.75) is 57.7 Å². The molecule has 0 aromatic rings. The van der Waals surface area contributed by atoms with Gasteiger partial charge in [-0.15, -0.1) is 6.58 Å².